The van der Waals surface area contributed by atoms with Crippen LogP contribution in [-0.2, 0) is 16.0 Å². The number of morpholine rings is 1. The molecule has 0 spiro atoms. The topological polar surface area (TPSA) is 77.7 Å². The predicted octanol–water partition coefficient (Wildman–Crippen LogP) is 0.0664. The maximum absolute atomic E-state index is 12.4. The SMILES string of the molecule is COc1ccc(CC(CN)C(=O)N2CCOCC2)cn1. The second-order valence-electron chi connectivity index (χ2n) is 4.78. The van der Waals surface area contributed by atoms with Crippen LogP contribution in [0.3, 0.4) is 0 Å². The molecule has 0 radical (unpaired) electrons. The van der Waals surface area contributed by atoms with Crippen molar-refractivity contribution in [1.82, 2.24) is 9.88 Å². The third kappa shape index (κ3) is 3.68. The predicted molar refractivity (Wildman–Crippen MR) is 74.4 cm³/mol. The van der Waals surface area contributed by atoms with E-state index < -0.39 is 0 Å². The van der Waals surface area contributed by atoms with Crippen molar-refractivity contribution in [2.75, 3.05) is 40.0 Å². The van der Waals surface area contributed by atoms with Crippen LogP contribution in [0.5, 0.6) is 5.88 Å². The van der Waals surface area contributed by atoms with E-state index in [9.17, 15) is 4.79 Å². The Kier molecular flexibility index (Phi) is 5.31. The van der Waals surface area contributed by atoms with Crippen molar-refractivity contribution in [1.29, 1.82) is 0 Å². The lowest BCUT2D eigenvalue weighted by atomic mass is 9.99. The summed E-state index contributed by atoms with van der Waals surface area (Å²) in [6.07, 6.45) is 2.33. The van der Waals surface area contributed by atoms with Crippen LogP contribution in [0.2, 0.25) is 0 Å². The summed E-state index contributed by atoms with van der Waals surface area (Å²) < 4.78 is 10.3. The van der Waals surface area contributed by atoms with E-state index in [4.69, 9.17) is 15.2 Å². The maximum Gasteiger partial charge on any atom is 0.227 e. The monoisotopic (exact) mass is 279 g/mol. The number of pyridine rings is 1. The average Bonchev–Trinajstić information content (AvgIpc) is 2.53. The van der Waals surface area contributed by atoms with Crippen molar-refractivity contribution in [2.24, 2.45) is 11.7 Å². The first-order valence-electron chi connectivity index (χ1n) is 6.80. The van der Waals surface area contributed by atoms with E-state index in [0.29, 0.717) is 45.1 Å². The highest BCUT2D eigenvalue weighted by atomic mass is 16.5. The van der Waals surface area contributed by atoms with Crippen LogP contribution in [0.15, 0.2) is 18.3 Å². The van der Waals surface area contributed by atoms with Crippen molar-refractivity contribution in [2.45, 2.75) is 6.42 Å². The fourth-order valence-corrected chi connectivity index (χ4v) is 2.25. The van der Waals surface area contributed by atoms with Gasteiger partial charge in [-0.1, -0.05) is 6.07 Å². The van der Waals surface area contributed by atoms with E-state index in [1.54, 1.807) is 19.4 Å². The summed E-state index contributed by atoms with van der Waals surface area (Å²) in [5.41, 5.74) is 6.75. The lowest BCUT2D eigenvalue weighted by Gasteiger charge is -2.30. The molecule has 1 aromatic rings. The number of carbonyl (C=O) groups is 1. The van der Waals surface area contributed by atoms with E-state index in [-0.39, 0.29) is 11.8 Å². The van der Waals surface area contributed by atoms with Crippen LogP contribution < -0.4 is 10.5 Å². The molecule has 0 aromatic carbocycles. The molecule has 1 unspecified atom stereocenters. The van der Waals surface area contributed by atoms with E-state index in [1.165, 1.54) is 0 Å². The molecule has 0 bridgehead atoms. The number of methoxy groups -OCH3 is 1. The lowest BCUT2D eigenvalue weighted by Crippen LogP contribution is -2.45. The van der Waals surface area contributed by atoms with Gasteiger partial charge in [0.05, 0.1) is 26.2 Å². The van der Waals surface area contributed by atoms with Crippen LogP contribution >= 0.6 is 0 Å². The Morgan fingerprint density at radius 2 is 2.25 bits per heavy atom. The summed E-state index contributed by atoms with van der Waals surface area (Å²) in [4.78, 5) is 18.4. The minimum Gasteiger partial charge on any atom is -0.481 e. The Labute approximate surface area is 118 Å². The lowest BCUT2D eigenvalue weighted by molar-refractivity contribution is -0.139. The molecule has 1 fully saturated rings. The molecule has 1 aliphatic heterocycles. The first-order chi connectivity index (χ1) is 9.74. The third-order valence-electron chi connectivity index (χ3n) is 3.45. The van der Waals surface area contributed by atoms with Gasteiger partial charge in [0.15, 0.2) is 0 Å². The number of nitrogens with zero attached hydrogens (tertiary/aromatic N) is 2. The van der Waals surface area contributed by atoms with Gasteiger partial charge in [0, 0.05) is 31.9 Å². The molecule has 0 saturated carbocycles. The summed E-state index contributed by atoms with van der Waals surface area (Å²) >= 11 is 0. The Balaban J connectivity index is 1.97. The second-order valence-corrected chi connectivity index (χ2v) is 4.78. The van der Waals surface area contributed by atoms with Gasteiger partial charge >= 0.3 is 0 Å². The van der Waals surface area contributed by atoms with E-state index in [2.05, 4.69) is 4.98 Å². The summed E-state index contributed by atoms with van der Waals surface area (Å²) in [7, 11) is 1.58. The largest absolute Gasteiger partial charge is 0.481 e. The normalized spacial score (nSPS) is 16.8. The summed E-state index contributed by atoms with van der Waals surface area (Å²) in [6, 6.07) is 3.71. The highest BCUT2D eigenvalue weighted by Gasteiger charge is 2.25. The smallest absolute Gasteiger partial charge is 0.227 e. The number of nitrogens with two attached hydrogens (primary N) is 1. The fourth-order valence-electron chi connectivity index (χ4n) is 2.25. The number of ether oxygens (including phenoxy) is 2. The highest BCUT2D eigenvalue weighted by molar-refractivity contribution is 5.79. The average molecular weight is 279 g/mol. The third-order valence-corrected chi connectivity index (χ3v) is 3.45. The fraction of sp³-hybridized carbons (Fsp3) is 0.571. The molecule has 1 amide bonds. The van der Waals surface area contributed by atoms with Crippen LogP contribution in [0, 0.1) is 5.92 Å². The van der Waals surface area contributed by atoms with Crippen LogP contribution in [0.25, 0.3) is 0 Å². The van der Waals surface area contributed by atoms with Gasteiger partial charge in [-0.3, -0.25) is 4.79 Å². The molecule has 2 rings (SSSR count). The Morgan fingerprint density at radius 3 is 2.80 bits per heavy atom. The minimum atomic E-state index is -0.205. The summed E-state index contributed by atoms with van der Waals surface area (Å²) in [5, 5.41) is 0. The van der Waals surface area contributed by atoms with Gasteiger partial charge in [0.1, 0.15) is 0 Å². The van der Waals surface area contributed by atoms with E-state index >= 15 is 0 Å². The molecule has 2 heterocycles. The zero-order chi connectivity index (χ0) is 14.4. The molecule has 1 aromatic heterocycles. The van der Waals surface area contributed by atoms with Crippen LogP contribution in [0.4, 0.5) is 0 Å². The molecule has 0 aliphatic carbocycles. The molecular formula is C14H21N3O3. The Morgan fingerprint density at radius 1 is 1.50 bits per heavy atom. The molecule has 2 N–H and O–H groups in total. The summed E-state index contributed by atoms with van der Waals surface area (Å²) in [5.74, 6) is 0.465. The highest BCUT2D eigenvalue weighted by Crippen LogP contribution is 2.14. The number of carbonyl (C=O) groups excluding carboxylic acids is 1. The van der Waals surface area contributed by atoms with Crippen molar-refractivity contribution in [3.05, 3.63) is 23.9 Å². The number of hydrogen-bond acceptors (Lipinski definition) is 5. The molecule has 6 heteroatoms. The van der Waals surface area contributed by atoms with Crippen molar-refractivity contribution in [3.8, 4) is 5.88 Å². The van der Waals surface area contributed by atoms with Crippen LogP contribution in [0.1, 0.15) is 5.56 Å². The van der Waals surface area contributed by atoms with Gasteiger partial charge in [-0.2, -0.15) is 0 Å². The van der Waals surface area contributed by atoms with Gasteiger partial charge in [0.2, 0.25) is 11.8 Å². The Hall–Kier alpha value is -1.66. The van der Waals surface area contributed by atoms with Gasteiger partial charge < -0.3 is 20.1 Å². The summed E-state index contributed by atoms with van der Waals surface area (Å²) in [6.45, 7) is 2.84. The molecule has 110 valence electrons. The number of rotatable bonds is 5. The zero-order valence-corrected chi connectivity index (χ0v) is 11.7. The number of hydrogen-bond donors (Lipinski definition) is 1. The molecule has 6 nitrogen and oxygen atoms in total. The first kappa shape index (κ1) is 14.7. The maximum atomic E-state index is 12.4. The first-order valence-corrected chi connectivity index (χ1v) is 6.80. The quantitative estimate of drug-likeness (QED) is 0.825. The van der Waals surface area contributed by atoms with Crippen LogP contribution in [-0.4, -0.2) is 55.7 Å². The van der Waals surface area contributed by atoms with Crippen molar-refractivity contribution in [3.63, 3.8) is 0 Å². The van der Waals surface area contributed by atoms with E-state index in [0.717, 1.165) is 5.56 Å². The van der Waals surface area contributed by atoms with E-state index in [1.807, 2.05) is 11.0 Å². The van der Waals surface area contributed by atoms with Gasteiger partial charge in [0.25, 0.3) is 0 Å². The molecule has 1 saturated heterocycles. The van der Waals surface area contributed by atoms with Gasteiger partial charge in [-0.15, -0.1) is 0 Å². The second kappa shape index (κ2) is 7.21. The Bertz CT molecular complexity index is 430. The van der Waals surface area contributed by atoms with Crippen molar-refractivity contribution >= 4 is 5.91 Å². The molecule has 1 aliphatic rings. The number of aromatic nitrogens is 1. The molecule has 20 heavy (non-hydrogen) atoms. The van der Waals surface area contributed by atoms with Crippen molar-refractivity contribution < 1.29 is 14.3 Å². The number of amides is 1. The molecule has 1 atom stereocenters. The van der Waals surface area contributed by atoms with Gasteiger partial charge in [-0.25, -0.2) is 4.98 Å². The minimum absolute atomic E-state index is 0.103. The standard InChI is InChI=1S/C14H21N3O3/c1-19-13-3-2-11(10-16-13)8-12(9-15)14(18)17-4-6-20-7-5-17/h2-3,10,12H,4-9,15H2,1H3. The molecular weight excluding hydrogens is 258 g/mol. The van der Waals surface area contributed by atoms with Gasteiger partial charge in [-0.05, 0) is 12.0 Å². The zero-order valence-electron chi connectivity index (χ0n) is 11.7.